The molecule has 0 aliphatic carbocycles. The lowest BCUT2D eigenvalue weighted by molar-refractivity contribution is -0.158. The molecule has 0 fully saturated rings. The van der Waals surface area contributed by atoms with Gasteiger partial charge in [-0.05, 0) is 62.4 Å². The first kappa shape index (κ1) is 21.5. The highest BCUT2D eigenvalue weighted by Crippen LogP contribution is 2.55. The van der Waals surface area contributed by atoms with Gasteiger partial charge in [-0.25, -0.2) is 13.9 Å². The second kappa shape index (κ2) is 7.41. The molecular formula is C14H30NO6P. The summed E-state index contributed by atoms with van der Waals surface area (Å²) in [7, 11) is -2.24. The molecule has 0 atom stereocenters. The van der Waals surface area contributed by atoms with E-state index >= 15 is 0 Å². The third kappa shape index (κ3) is 8.86. The number of phosphoric ester groups is 1. The van der Waals surface area contributed by atoms with Crippen molar-refractivity contribution in [3.8, 4) is 0 Å². The van der Waals surface area contributed by atoms with Gasteiger partial charge in [0.05, 0.1) is 11.2 Å². The van der Waals surface area contributed by atoms with E-state index in [-0.39, 0.29) is 0 Å². The quantitative estimate of drug-likeness (QED) is 0.433. The number of carbonyl (C=O) groups is 1. The SMILES string of the molecule is CNC(C)(C)C(=O)OCOP(=O)(OC(C)(C)C)OC(C)(C)C. The van der Waals surface area contributed by atoms with Crippen molar-refractivity contribution in [3.63, 3.8) is 0 Å². The van der Waals surface area contributed by atoms with E-state index in [2.05, 4.69) is 5.32 Å². The van der Waals surface area contributed by atoms with Gasteiger partial charge in [0, 0.05) is 0 Å². The maximum atomic E-state index is 12.7. The summed E-state index contributed by atoms with van der Waals surface area (Å²) >= 11 is 0. The fourth-order valence-electron chi connectivity index (χ4n) is 1.17. The smallest absolute Gasteiger partial charge is 0.437 e. The van der Waals surface area contributed by atoms with Crippen LogP contribution >= 0.6 is 7.82 Å². The summed E-state index contributed by atoms with van der Waals surface area (Å²) in [6.07, 6.45) is 0. The normalized spacial score (nSPS) is 14.0. The zero-order valence-electron chi connectivity index (χ0n) is 15.1. The molecule has 0 heterocycles. The Kier molecular flexibility index (Phi) is 7.25. The maximum Gasteiger partial charge on any atom is 0.478 e. The van der Waals surface area contributed by atoms with Crippen LogP contribution in [0.3, 0.4) is 0 Å². The molecular weight excluding hydrogens is 309 g/mol. The Morgan fingerprint density at radius 3 is 1.68 bits per heavy atom. The average molecular weight is 339 g/mol. The minimum atomic E-state index is -3.88. The predicted octanol–water partition coefficient (Wildman–Crippen LogP) is 3.24. The largest absolute Gasteiger partial charge is 0.478 e. The Labute approximate surface area is 133 Å². The standard InChI is InChI=1S/C14H30NO6P/c1-12(2,3)20-22(17,21-13(4,5)6)19-10-18-11(16)14(7,8)15-9/h15H,10H2,1-9H3. The van der Waals surface area contributed by atoms with E-state index < -0.39 is 37.3 Å². The highest BCUT2D eigenvalue weighted by Gasteiger charge is 2.38. The van der Waals surface area contributed by atoms with Gasteiger partial charge in [0.1, 0.15) is 5.54 Å². The van der Waals surface area contributed by atoms with Gasteiger partial charge in [0.2, 0.25) is 6.79 Å². The molecule has 132 valence electrons. The minimum Gasteiger partial charge on any atom is -0.437 e. The van der Waals surface area contributed by atoms with Crippen LogP contribution in [0.15, 0.2) is 0 Å². The maximum absolute atomic E-state index is 12.7. The molecule has 0 amide bonds. The Morgan fingerprint density at radius 1 is 0.955 bits per heavy atom. The van der Waals surface area contributed by atoms with Crippen molar-refractivity contribution in [2.75, 3.05) is 13.8 Å². The molecule has 0 rings (SSSR count). The molecule has 7 nitrogen and oxygen atoms in total. The molecule has 8 heteroatoms. The molecule has 0 spiro atoms. The number of hydrogen-bond donors (Lipinski definition) is 1. The Balaban J connectivity index is 4.82. The number of esters is 1. The Bertz CT molecular complexity index is 402. The summed E-state index contributed by atoms with van der Waals surface area (Å²) in [5.74, 6) is -0.534. The van der Waals surface area contributed by atoms with Crippen molar-refractivity contribution in [1.29, 1.82) is 0 Å². The van der Waals surface area contributed by atoms with Gasteiger partial charge in [-0.3, -0.25) is 9.05 Å². The van der Waals surface area contributed by atoms with Crippen LogP contribution in [0, 0.1) is 0 Å². The van der Waals surface area contributed by atoms with Crippen LogP contribution in [0.2, 0.25) is 0 Å². The number of likely N-dealkylation sites (N-methyl/N-ethyl adjacent to an activating group) is 1. The lowest BCUT2D eigenvalue weighted by atomic mass is 10.1. The molecule has 1 N–H and O–H groups in total. The molecule has 0 saturated carbocycles. The number of ether oxygens (including phenoxy) is 1. The lowest BCUT2D eigenvalue weighted by Gasteiger charge is -2.31. The van der Waals surface area contributed by atoms with Crippen LogP contribution in [-0.4, -0.2) is 36.6 Å². The summed E-state index contributed by atoms with van der Waals surface area (Å²) < 4.78 is 33.6. The van der Waals surface area contributed by atoms with E-state index in [4.69, 9.17) is 18.3 Å². The molecule has 22 heavy (non-hydrogen) atoms. The summed E-state index contributed by atoms with van der Waals surface area (Å²) in [5.41, 5.74) is -2.35. The number of phosphoric acid groups is 1. The number of hydrogen-bond acceptors (Lipinski definition) is 7. The topological polar surface area (TPSA) is 83.1 Å². The molecule has 0 radical (unpaired) electrons. The van der Waals surface area contributed by atoms with E-state index in [9.17, 15) is 9.36 Å². The first-order valence-electron chi connectivity index (χ1n) is 7.12. The van der Waals surface area contributed by atoms with E-state index in [1.807, 2.05) is 0 Å². The fraction of sp³-hybridized carbons (Fsp3) is 0.929. The van der Waals surface area contributed by atoms with Crippen molar-refractivity contribution < 1.29 is 27.7 Å². The molecule has 0 saturated heterocycles. The second-order valence-electron chi connectivity index (χ2n) is 7.41. The third-order valence-electron chi connectivity index (χ3n) is 2.31. The van der Waals surface area contributed by atoms with Gasteiger partial charge in [0.15, 0.2) is 0 Å². The van der Waals surface area contributed by atoms with E-state index in [0.29, 0.717) is 0 Å². The Morgan fingerprint density at radius 2 is 1.36 bits per heavy atom. The Hall–Kier alpha value is -0.460. The zero-order chi connectivity index (χ0) is 17.8. The van der Waals surface area contributed by atoms with Gasteiger partial charge in [-0.1, -0.05) is 0 Å². The van der Waals surface area contributed by atoms with Crippen LogP contribution < -0.4 is 5.32 Å². The van der Waals surface area contributed by atoms with Gasteiger partial charge < -0.3 is 10.1 Å². The van der Waals surface area contributed by atoms with Gasteiger partial charge in [-0.2, -0.15) is 0 Å². The molecule has 0 unspecified atom stereocenters. The molecule has 0 aliphatic rings. The van der Waals surface area contributed by atoms with Crippen LogP contribution in [0.4, 0.5) is 0 Å². The molecule has 0 aliphatic heterocycles. The molecule has 0 aromatic carbocycles. The minimum absolute atomic E-state index is 0.520. The fourth-order valence-corrected chi connectivity index (χ4v) is 2.84. The summed E-state index contributed by atoms with van der Waals surface area (Å²) in [6.45, 7) is 13.2. The van der Waals surface area contributed by atoms with Crippen molar-refractivity contribution in [1.82, 2.24) is 5.32 Å². The van der Waals surface area contributed by atoms with Crippen LogP contribution in [0.1, 0.15) is 55.4 Å². The highest BCUT2D eigenvalue weighted by atomic mass is 31.2. The summed E-state index contributed by atoms with van der Waals surface area (Å²) in [4.78, 5) is 11.8. The number of nitrogens with one attached hydrogen (secondary N) is 1. The predicted molar refractivity (Wildman–Crippen MR) is 84.5 cm³/mol. The molecule has 0 bridgehead atoms. The van der Waals surface area contributed by atoms with E-state index in [1.54, 1.807) is 62.4 Å². The summed E-state index contributed by atoms with van der Waals surface area (Å²) in [6, 6.07) is 0. The van der Waals surface area contributed by atoms with Crippen LogP contribution in [-0.2, 0) is 27.7 Å². The lowest BCUT2D eigenvalue weighted by Crippen LogP contribution is -2.45. The van der Waals surface area contributed by atoms with Gasteiger partial charge >= 0.3 is 13.8 Å². The van der Waals surface area contributed by atoms with Crippen molar-refractivity contribution >= 4 is 13.8 Å². The average Bonchev–Trinajstić information content (AvgIpc) is 2.23. The first-order valence-corrected chi connectivity index (χ1v) is 8.58. The van der Waals surface area contributed by atoms with Gasteiger partial charge in [0.25, 0.3) is 0 Å². The monoisotopic (exact) mass is 339 g/mol. The zero-order valence-corrected chi connectivity index (χ0v) is 16.0. The first-order chi connectivity index (χ1) is 9.60. The van der Waals surface area contributed by atoms with Crippen LogP contribution in [0.5, 0.6) is 0 Å². The van der Waals surface area contributed by atoms with Crippen molar-refractivity contribution in [3.05, 3.63) is 0 Å². The second-order valence-corrected chi connectivity index (χ2v) is 8.93. The number of carbonyl (C=O) groups excluding carboxylic acids is 1. The van der Waals surface area contributed by atoms with E-state index in [1.165, 1.54) is 0 Å². The van der Waals surface area contributed by atoms with E-state index in [0.717, 1.165) is 0 Å². The van der Waals surface area contributed by atoms with Crippen molar-refractivity contribution in [2.45, 2.75) is 72.1 Å². The number of rotatable bonds is 7. The van der Waals surface area contributed by atoms with Crippen molar-refractivity contribution in [2.24, 2.45) is 0 Å². The molecule has 0 aromatic heterocycles. The highest BCUT2D eigenvalue weighted by molar-refractivity contribution is 7.48. The van der Waals surface area contributed by atoms with Gasteiger partial charge in [-0.15, -0.1) is 0 Å². The summed E-state index contributed by atoms with van der Waals surface area (Å²) in [5, 5.41) is 2.80. The van der Waals surface area contributed by atoms with Crippen LogP contribution in [0.25, 0.3) is 0 Å². The third-order valence-corrected chi connectivity index (χ3v) is 4.27. The molecule has 0 aromatic rings.